The van der Waals surface area contributed by atoms with Gasteiger partial charge in [0.05, 0.1) is 18.2 Å². The molecular formula is C26H28N2O5. The monoisotopic (exact) mass is 448 g/mol. The normalized spacial score (nSPS) is 16.3. The topological polar surface area (TPSA) is 83.2 Å². The molecular weight excluding hydrogens is 420 g/mol. The van der Waals surface area contributed by atoms with E-state index in [1.807, 2.05) is 56.3 Å². The Kier molecular flexibility index (Phi) is 6.51. The van der Waals surface area contributed by atoms with Crippen molar-refractivity contribution in [2.24, 2.45) is 0 Å². The van der Waals surface area contributed by atoms with Crippen LogP contribution in [-0.4, -0.2) is 60.4 Å². The summed E-state index contributed by atoms with van der Waals surface area (Å²) in [5, 5.41) is 11.6. The number of furan rings is 1. The summed E-state index contributed by atoms with van der Waals surface area (Å²) in [4.78, 5) is 30.2. The molecule has 1 aliphatic heterocycles. The van der Waals surface area contributed by atoms with Crippen LogP contribution in [0.15, 0.2) is 70.3 Å². The lowest BCUT2D eigenvalue weighted by molar-refractivity contribution is -0.129. The predicted octanol–water partition coefficient (Wildman–Crippen LogP) is 4.36. The Labute approximate surface area is 192 Å². The van der Waals surface area contributed by atoms with E-state index < -0.39 is 23.5 Å². The summed E-state index contributed by atoms with van der Waals surface area (Å²) in [6.45, 7) is 3.61. The van der Waals surface area contributed by atoms with E-state index in [1.165, 1.54) is 0 Å². The quantitative estimate of drug-likeness (QED) is 0.490. The number of amides is 1. The van der Waals surface area contributed by atoms with E-state index in [0.717, 1.165) is 17.5 Å². The number of carbonyl (C=O) groups is 2. The largest absolute Gasteiger partial charge is 0.503 e. The molecule has 2 heterocycles. The summed E-state index contributed by atoms with van der Waals surface area (Å²) in [7, 11) is 3.92. The number of para-hydroxylation sites is 1. The van der Waals surface area contributed by atoms with Gasteiger partial charge in [0.2, 0.25) is 5.78 Å². The number of ether oxygens (including phenoxy) is 1. The van der Waals surface area contributed by atoms with E-state index in [1.54, 1.807) is 29.2 Å². The van der Waals surface area contributed by atoms with Gasteiger partial charge in [-0.25, -0.2) is 0 Å². The van der Waals surface area contributed by atoms with Crippen molar-refractivity contribution in [2.45, 2.75) is 19.4 Å². The van der Waals surface area contributed by atoms with Gasteiger partial charge in [-0.3, -0.25) is 9.59 Å². The van der Waals surface area contributed by atoms with Gasteiger partial charge in [-0.05, 0) is 63.8 Å². The van der Waals surface area contributed by atoms with Crippen molar-refractivity contribution in [1.82, 2.24) is 9.80 Å². The number of nitrogens with zero attached hydrogens (tertiary/aromatic N) is 2. The van der Waals surface area contributed by atoms with Crippen molar-refractivity contribution in [2.75, 3.05) is 33.8 Å². The van der Waals surface area contributed by atoms with Crippen LogP contribution in [0.2, 0.25) is 0 Å². The summed E-state index contributed by atoms with van der Waals surface area (Å²) in [5.74, 6) is -0.776. The highest BCUT2D eigenvalue weighted by Crippen LogP contribution is 2.40. The highest BCUT2D eigenvalue weighted by atomic mass is 16.5. The zero-order valence-electron chi connectivity index (χ0n) is 19.1. The Morgan fingerprint density at radius 2 is 1.88 bits per heavy atom. The first-order chi connectivity index (χ1) is 15.9. The third kappa shape index (κ3) is 4.50. The van der Waals surface area contributed by atoms with Crippen LogP contribution in [0.5, 0.6) is 5.75 Å². The Morgan fingerprint density at radius 3 is 2.55 bits per heavy atom. The molecule has 1 aliphatic rings. The van der Waals surface area contributed by atoms with Gasteiger partial charge in [0.1, 0.15) is 11.3 Å². The number of aliphatic hydroxyl groups excluding tert-OH is 1. The molecule has 0 radical (unpaired) electrons. The minimum absolute atomic E-state index is 0.0352. The highest BCUT2D eigenvalue weighted by molar-refractivity contribution is 6.16. The summed E-state index contributed by atoms with van der Waals surface area (Å²) in [5.41, 5.74) is 1.33. The Bertz CT molecular complexity index is 1160. The number of ketones is 1. The molecule has 0 unspecified atom stereocenters. The second kappa shape index (κ2) is 9.50. The first-order valence-electron chi connectivity index (χ1n) is 11.1. The molecule has 0 fully saturated rings. The highest BCUT2D eigenvalue weighted by Gasteiger charge is 2.44. The van der Waals surface area contributed by atoms with Gasteiger partial charge in [0.25, 0.3) is 5.91 Å². The van der Waals surface area contributed by atoms with E-state index in [9.17, 15) is 14.7 Å². The van der Waals surface area contributed by atoms with Crippen LogP contribution in [-0.2, 0) is 4.79 Å². The van der Waals surface area contributed by atoms with E-state index >= 15 is 0 Å². The lowest BCUT2D eigenvalue weighted by atomic mass is 9.95. The maximum Gasteiger partial charge on any atom is 0.290 e. The van der Waals surface area contributed by atoms with E-state index in [4.69, 9.17) is 9.15 Å². The zero-order valence-corrected chi connectivity index (χ0v) is 19.1. The Hall–Kier alpha value is -3.58. The molecule has 7 heteroatoms. The van der Waals surface area contributed by atoms with Crippen LogP contribution >= 0.6 is 0 Å². The summed E-state index contributed by atoms with van der Waals surface area (Å²) in [6.07, 6.45) is 0.700. The molecule has 7 nitrogen and oxygen atoms in total. The van der Waals surface area contributed by atoms with E-state index in [-0.39, 0.29) is 11.3 Å². The number of benzene rings is 2. The third-order valence-electron chi connectivity index (χ3n) is 5.71. The molecule has 0 saturated heterocycles. The molecule has 33 heavy (non-hydrogen) atoms. The van der Waals surface area contributed by atoms with Crippen molar-refractivity contribution in [1.29, 1.82) is 0 Å². The molecule has 0 saturated carbocycles. The van der Waals surface area contributed by atoms with Crippen LogP contribution in [0.25, 0.3) is 11.0 Å². The lowest BCUT2D eigenvalue weighted by Crippen LogP contribution is -2.33. The molecule has 1 atom stereocenters. The summed E-state index contributed by atoms with van der Waals surface area (Å²) in [6, 6.07) is 15.5. The molecule has 1 N–H and O–H groups in total. The number of rotatable bonds is 9. The summed E-state index contributed by atoms with van der Waals surface area (Å²) < 4.78 is 11.3. The average Bonchev–Trinajstić information content (AvgIpc) is 3.34. The molecule has 1 aromatic heterocycles. The van der Waals surface area contributed by atoms with E-state index in [2.05, 4.69) is 0 Å². The Balaban J connectivity index is 1.72. The second-order valence-corrected chi connectivity index (χ2v) is 8.30. The number of carbonyl (C=O) groups excluding carboxylic acids is 2. The average molecular weight is 449 g/mol. The lowest BCUT2D eigenvalue weighted by Gasteiger charge is -2.27. The molecule has 0 aliphatic carbocycles. The van der Waals surface area contributed by atoms with Crippen molar-refractivity contribution in [3.63, 3.8) is 0 Å². The van der Waals surface area contributed by atoms with Crippen molar-refractivity contribution in [3.05, 3.63) is 77.3 Å². The molecule has 0 spiro atoms. The fourth-order valence-corrected chi connectivity index (χ4v) is 4.16. The molecule has 2 aromatic carbocycles. The maximum absolute atomic E-state index is 13.5. The number of fused-ring (bicyclic) bond motifs is 1. The van der Waals surface area contributed by atoms with E-state index in [0.29, 0.717) is 30.9 Å². The maximum atomic E-state index is 13.5. The number of hydrogen-bond acceptors (Lipinski definition) is 6. The van der Waals surface area contributed by atoms with Crippen molar-refractivity contribution >= 4 is 22.7 Å². The minimum Gasteiger partial charge on any atom is -0.503 e. The van der Waals surface area contributed by atoms with Crippen LogP contribution in [0, 0.1) is 0 Å². The van der Waals surface area contributed by atoms with Crippen LogP contribution in [0.3, 0.4) is 0 Å². The smallest absolute Gasteiger partial charge is 0.290 e. The fourth-order valence-electron chi connectivity index (χ4n) is 4.16. The molecule has 4 rings (SSSR count). The van der Waals surface area contributed by atoms with Gasteiger partial charge < -0.3 is 24.1 Å². The SMILES string of the molecule is CCOc1ccc([C@@H]2C(C(=O)c3cc4ccccc4o3)=C(O)C(=O)N2CCCN(C)C)cc1. The number of aliphatic hydroxyl groups is 1. The third-order valence-corrected chi connectivity index (χ3v) is 5.71. The Morgan fingerprint density at radius 1 is 1.15 bits per heavy atom. The first-order valence-corrected chi connectivity index (χ1v) is 11.1. The van der Waals surface area contributed by atoms with Crippen LogP contribution in [0.1, 0.15) is 35.5 Å². The zero-order chi connectivity index (χ0) is 23.5. The van der Waals surface area contributed by atoms with Gasteiger partial charge >= 0.3 is 0 Å². The standard InChI is InChI=1S/C26H28N2O5/c1-4-32-19-12-10-17(11-13-19)23-22(25(30)26(31)28(23)15-7-14-27(2)3)24(29)21-16-18-8-5-6-9-20(18)33-21/h5-6,8-13,16,23,30H,4,7,14-15H2,1-3H3/t23-/m1/s1. The molecule has 1 amide bonds. The van der Waals surface area contributed by atoms with Crippen molar-refractivity contribution < 1.29 is 23.8 Å². The van der Waals surface area contributed by atoms with Crippen LogP contribution < -0.4 is 4.74 Å². The number of Topliss-reactive ketones (excluding diaryl/α,β-unsaturated/α-hetero) is 1. The molecule has 172 valence electrons. The van der Waals surface area contributed by atoms with Gasteiger partial charge in [-0.1, -0.05) is 30.3 Å². The summed E-state index contributed by atoms with van der Waals surface area (Å²) >= 11 is 0. The molecule has 0 bridgehead atoms. The van der Waals surface area contributed by atoms with Crippen LogP contribution in [0.4, 0.5) is 0 Å². The van der Waals surface area contributed by atoms with Gasteiger partial charge in [0, 0.05) is 11.9 Å². The van der Waals surface area contributed by atoms with Gasteiger partial charge in [0.15, 0.2) is 11.5 Å². The molecule has 3 aromatic rings. The fraction of sp³-hybridized carbons (Fsp3) is 0.308. The van der Waals surface area contributed by atoms with Gasteiger partial charge in [-0.15, -0.1) is 0 Å². The first kappa shape index (κ1) is 22.6. The van der Waals surface area contributed by atoms with Crippen molar-refractivity contribution in [3.8, 4) is 5.75 Å². The minimum atomic E-state index is -0.712. The number of hydrogen-bond donors (Lipinski definition) is 1. The second-order valence-electron chi connectivity index (χ2n) is 8.30. The predicted molar refractivity (Wildman–Crippen MR) is 125 cm³/mol. The van der Waals surface area contributed by atoms with Gasteiger partial charge in [-0.2, -0.15) is 0 Å².